The van der Waals surface area contributed by atoms with E-state index in [1.54, 1.807) is 16.9 Å². The van der Waals surface area contributed by atoms with Crippen LogP contribution in [-0.2, 0) is 7.05 Å². The maximum Gasteiger partial charge on any atom is 0.276 e. The Bertz CT molecular complexity index is 1330. The molecule has 0 spiro atoms. The van der Waals surface area contributed by atoms with Crippen molar-refractivity contribution >= 4 is 56.0 Å². The molecule has 1 aromatic carbocycles. The molecule has 2 radical (unpaired) electrons. The third-order valence-corrected chi connectivity index (χ3v) is 15.2. The van der Waals surface area contributed by atoms with Crippen LogP contribution in [0.15, 0.2) is 41.5 Å². The predicted octanol–water partition coefficient (Wildman–Crippen LogP) is 3.00. The van der Waals surface area contributed by atoms with Crippen LogP contribution < -0.4 is 10.9 Å². The standard InChI is InChI=1S/C19H15BI2N4O2/c1-12(24-19(28)22-11-21-22)16-8-15-5-3-4-14(17(15)18(27)26(16)20)7-6-13-9-23-25(2)10-13/h3-5,8-12H,1-2H3,(H,24,28)/t12-/m0/s1. The summed E-state index contributed by atoms with van der Waals surface area (Å²) in [5.74, 6) is 6.08. The van der Waals surface area contributed by atoms with E-state index in [2.05, 4.69) is 24.3 Å². The first-order chi connectivity index (χ1) is 13.4. The molecule has 4 rings (SSSR count). The number of carbonyl (C=O) groups excluding carboxylic acids is 1. The summed E-state index contributed by atoms with van der Waals surface area (Å²) in [4.78, 5) is 25.1. The minimum Gasteiger partial charge on any atom is -0.367 e. The second kappa shape index (κ2) is 7.83. The number of halogens is 2. The van der Waals surface area contributed by atoms with Gasteiger partial charge in [-0.2, -0.15) is 5.10 Å². The zero-order valence-electron chi connectivity index (χ0n) is 15.1. The van der Waals surface area contributed by atoms with Crippen molar-refractivity contribution in [3.63, 3.8) is 0 Å². The van der Waals surface area contributed by atoms with Crippen molar-refractivity contribution in [2.45, 2.75) is 13.0 Å². The van der Waals surface area contributed by atoms with Gasteiger partial charge in [-0.25, -0.2) is 0 Å². The van der Waals surface area contributed by atoms with Gasteiger partial charge in [0.2, 0.25) is 13.5 Å². The van der Waals surface area contributed by atoms with Crippen LogP contribution in [0.3, 0.4) is 0 Å². The van der Waals surface area contributed by atoms with Crippen LogP contribution in [0.4, 0.5) is 4.79 Å². The highest BCUT2D eigenvalue weighted by molar-refractivity contribution is 14.9. The number of aryl methyl sites for hydroxylation is 1. The number of fused-ring (bicyclic) bond motifs is 1. The molecule has 0 saturated carbocycles. The van der Waals surface area contributed by atoms with Crippen LogP contribution in [0.25, 0.3) is 10.8 Å². The SMILES string of the molecule is [B]n1c([C@H](C)NC(=O)I2=CI=2)cc2cccc(C#Cc3cnn(C)c3)c2c1=O. The molecule has 1 aliphatic rings. The molecule has 6 nitrogen and oxygen atoms in total. The number of nitrogens with zero attached hydrogens (tertiary/aromatic N) is 3. The fraction of sp³-hybridized carbons (Fsp3) is 0.158. The number of hydrogen-bond donors (Lipinski definition) is 1. The molecule has 0 aliphatic carbocycles. The maximum atomic E-state index is 13.0. The van der Waals surface area contributed by atoms with E-state index in [-0.39, 0.29) is 32.1 Å². The Morgan fingerprint density at radius 3 is 2.86 bits per heavy atom. The summed E-state index contributed by atoms with van der Waals surface area (Å²) >= 11 is -1.34. The molecule has 0 fully saturated rings. The van der Waals surface area contributed by atoms with Crippen LogP contribution in [0, 0.1) is 11.8 Å². The van der Waals surface area contributed by atoms with Crippen molar-refractivity contribution in [3.8, 4) is 11.8 Å². The molecular weight excluding hydrogens is 581 g/mol. The second-order valence-corrected chi connectivity index (χ2v) is 21.9. The highest BCUT2D eigenvalue weighted by atomic mass is 128. The Labute approximate surface area is 175 Å². The molecular formula is C19H15BI2N4O2. The van der Waals surface area contributed by atoms with Gasteiger partial charge in [-0.15, -0.1) is 0 Å². The van der Waals surface area contributed by atoms with Gasteiger partial charge in [-0.1, -0.05) is 24.0 Å². The smallest absolute Gasteiger partial charge is 0.276 e. The monoisotopic (exact) mass is 596 g/mol. The van der Waals surface area contributed by atoms with E-state index in [9.17, 15) is 9.59 Å². The normalized spacial score (nSPS) is 14.1. The number of nitrogens with one attached hydrogen (secondary N) is 1. The van der Waals surface area contributed by atoms with Crippen LogP contribution >= 0.6 is 31.3 Å². The average Bonchev–Trinajstić information content (AvgIpc) is 3.44. The third kappa shape index (κ3) is 3.93. The van der Waals surface area contributed by atoms with Crippen molar-refractivity contribution in [1.82, 2.24) is 19.6 Å². The molecule has 0 unspecified atom stereocenters. The number of hydrogen-bond acceptors (Lipinski definition) is 3. The number of amides is 1. The van der Waals surface area contributed by atoms with Gasteiger partial charge in [-0.05, 0) is 55.8 Å². The number of aromatic nitrogens is 3. The first-order valence-corrected chi connectivity index (χ1v) is 18.2. The number of rotatable bonds is 3. The minimum absolute atomic E-state index is 0.0603. The summed E-state index contributed by atoms with van der Waals surface area (Å²) in [6.07, 6.45) is 3.48. The fourth-order valence-corrected chi connectivity index (χ4v) is 12.4. The Morgan fingerprint density at radius 1 is 1.39 bits per heavy atom. The average molecular weight is 596 g/mol. The third-order valence-electron chi connectivity index (χ3n) is 4.26. The zero-order chi connectivity index (χ0) is 19.8. The number of benzene rings is 1. The fourth-order valence-electron chi connectivity index (χ4n) is 2.85. The molecule has 140 valence electrons. The van der Waals surface area contributed by atoms with Crippen molar-refractivity contribution < 1.29 is 4.79 Å². The first-order valence-electron chi connectivity index (χ1n) is 8.35. The van der Waals surface area contributed by atoms with E-state index in [0.29, 0.717) is 16.6 Å². The maximum absolute atomic E-state index is 13.0. The highest BCUT2D eigenvalue weighted by Gasteiger charge is 2.17. The Balaban J connectivity index is 1.77. The topological polar surface area (TPSA) is 68.9 Å². The van der Waals surface area contributed by atoms with Gasteiger partial charge in [-0.3, -0.25) is 14.3 Å². The molecule has 28 heavy (non-hydrogen) atoms. The van der Waals surface area contributed by atoms with Crippen LogP contribution in [-0.4, -0.2) is 28.2 Å². The van der Waals surface area contributed by atoms with E-state index in [0.717, 1.165) is 15.4 Å². The van der Waals surface area contributed by atoms with Crippen molar-refractivity contribution in [3.05, 3.63) is 63.8 Å². The molecule has 1 atom stereocenters. The lowest BCUT2D eigenvalue weighted by Gasteiger charge is -2.18. The molecule has 2 aromatic heterocycles. The van der Waals surface area contributed by atoms with Crippen LogP contribution in [0.1, 0.15) is 29.8 Å². The first kappa shape index (κ1) is 19.4. The summed E-state index contributed by atoms with van der Waals surface area (Å²) in [5, 5.41) is 8.32. The van der Waals surface area contributed by atoms with Crippen molar-refractivity contribution in [2.75, 3.05) is 0 Å². The van der Waals surface area contributed by atoms with E-state index in [1.165, 1.54) is 0 Å². The predicted molar refractivity (Wildman–Crippen MR) is 130 cm³/mol. The zero-order valence-corrected chi connectivity index (χ0v) is 19.4. The van der Waals surface area contributed by atoms with Crippen molar-refractivity contribution in [1.29, 1.82) is 0 Å². The minimum atomic E-state index is -1.40. The summed E-state index contributed by atoms with van der Waals surface area (Å²) in [5.41, 5.74) is 1.64. The number of pyridine rings is 1. The Kier molecular flexibility index (Phi) is 5.42. The van der Waals surface area contributed by atoms with Gasteiger partial charge in [0.1, 0.15) is 0 Å². The highest BCUT2D eigenvalue weighted by Crippen LogP contribution is 2.41. The molecule has 1 N–H and O–H groups in total. The van der Waals surface area contributed by atoms with Gasteiger partial charge >= 0.3 is 0 Å². The summed E-state index contributed by atoms with van der Waals surface area (Å²) < 4.78 is 5.16. The largest absolute Gasteiger partial charge is 0.367 e. The summed E-state index contributed by atoms with van der Waals surface area (Å²) in [6.45, 7) is 1.85. The second-order valence-electron chi connectivity index (χ2n) is 6.23. The van der Waals surface area contributed by atoms with Gasteiger partial charge in [0, 0.05) is 26.5 Å². The molecule has 1 amide bonds. The summed E-state index contributed by atoms with van der Waals surface area (Å²) in [7, 11) is 7.92. The quantitative estimate of drug-likeness (QED) is 0.166. The number of carbonyl (C=O) groups is 1. The molecule has 1 aliphatic heterocycles. The van der Waals surface area contributed by atoms with E-state index < -0.39 is 14.7 Å². The molecule has 3 heterocycles. The van der Waals surface area contributed by atoms with E-state index in [1.807, 2.05) is 38.4 Å². The van der Waals surface area contributed by atoms with Gasteiger partial charge < -0.3 is 9.79 Å². The lowest BCUT2D eigenvalue weighted by Crippen LogP contribution is -2.30. The van der Waals surface area contributed by atoms with E-state index in [4.69, 9.17) is 7.98 Å². The van der Waals surface area contributed by atoms with Gasteiger partial charge in [0.05, 0.1) is 23.2 Å². The molecule has 3 aromatic rings. The summed E-state index contributed by atoms with van der Waals surface area (Å²) in [6, 6.07) is 7.05. The van der Waals surface area contributed by atoms with Crippen LogP contribution in [0.2, 0.25) is 0 Å². The van der Waals surface area contributed by atoms with Crippen molar-refractivity contribution in [2.24, 2.45) is 7.05 Å². The molecule has 0 bridgehead atoms. The molecule has 9 heteroatoms. The van der Waals surface area contributed by atoms with Gasteiger partial charge in [0.25, 0.3) is 3.91 Å². The van der Waals surface area contributed by atoms with Crippen LogP contribution in [0.5, 0.6) is 0 Å². The Morgan fingerprint density at radius 2 is 2.18 bits per heavy atom. The lowest BCUT2D eigenvalue weighted by molar-refractivity contribution is 0.260. The lowest BCUT2D eigenvalue weighted by atomic mass is 10.0. The van der Waals surface area contributed by atoms with E-state index >= 15 is 0 Å². The van der Waals surface area contributed by atoms with Gasteiger partial charge in [0.15, 0.2) is 0 Å². The Hall–Kier alpha value is -1.94. The molecule has 0 saturated heterocycles.